The monoisotopic (exact) mass is 444 g/mol. The molecule has 0 spiro atoms. The number of hydrogen-bond donors (Lipinski definition) is 0. The molecule has 0 amide bonds. The van der Waals surface area contributed by atoms with Crippen molar-refractivity contribution in [1.29, 1.82) is 0 Å². The van der Waals surface area contributed by atoms with E-state index in [9.17, 15) is 0 Å². The van der Waals surface area contributed by atoms with Crippen LogP contribution in [0.4, 0.5) is 0 Å². The summed E-state index contributed by atoms with van der Waals surface area (Å²) in [6, 6.07) is 22.3. The molecule has 0 saturated carbocycles. The Morgan fingerprint density at radius 1 is 0.719 bits per heavy atom. The third kappa shape index (κ3) is 6.33. The largest absolute Gasteiger partial charge is 0.376 e. The molecule has 2 aliphatic carbocycles. The van der Waals surface area contributed by atoms with Gasteiger partial charge in [0, 0.05) is 27.2 Å². The van der Waals surface area contributed by atoms with Gasteiger partial charge in [0.15, 0.2) is 0 Å². The molecule has 2 aromatic carbocycles. The van der Waals surface area contributed by atoms with Gasteiger partial charge in [-0.3, -0.25) is 0 Å². The number of rotatable bonds is 11. The van der Waals surface area contributed by atoms with E-state index < -0.39 is 8.80 Å². The molecule has 2 unspecified atom stereocenters. The van der Waals surface area contributed by atoms with Crippen LogP contribution in [0.15, 0.2) is 60.7 Å². The highest BCUT2D eigenvalue weighted by Crippen LogP contribution is 2.39. The summed E-state index contributed by atoms with van der Waals surface area (Å²) in [5.41, 5.74) is 6.00. The topological polar surface area (TPSA) is 9.23 Å². The zero-order chi connectivity index (χ0) is 22.4. The van der Waals surface area contributed by atoms with E-state index in [2.05, 4.69) is 93.6 Å². The minimum Gasteiger partial charge on any atom is -0.376 e. The summed E-state index contributed by atoms with van der Waals surface area (Å²) in [5, 5.41) is 0. The van der Waals surface area contributed by atoms with Crippen molar-refractivity contribution in [2.45, 2.75) is 82.0 Å². The third-order valence-electron chi connectivity index (χ3n) is 7.02. The van der Waals surface area contributed by atoms with E-state index in [1.165, 1.54) is 54.9 Å². The highest BCUT2D eigenvalue weighted by molar-refractivity contribution is 6.59. The van der Waals surface area contributed by atoms with Gasteiger partial charge in [-0.2, -0.15) is 0 Å². The van der Waals surface area contributed by atoms with Gasteiger partial charge in [-0.15, -0.1) is 0 Å². The van der Waals surface area contributed by atoms with Crippen molar-refractivity contribution >= 4 is 20.9 Å². The van der Waals surface area contributed by atoms with Crippen molar-refractivity contribution in [3.63, 3.8) is 0 Å². The van der Waals surface area contributed by atoms with E-state index in [0.717, 1.165) is 6.61 Å². The van der Waals surface area contributed by atoms with Crippen molar-refractivity contribution in [3.8, 4) is 0 Å². The highest BCUT2D eigenvalue weighted by Gasteiger charge is 2.26. The lowest BCUT2D eigenvalue weighted by Crippen LogP contribution is -2.19. The molecule has 2 atom stereocenters. The second kappa shape index (κ2) is 10.8. The summed E-state index contributed by atoms with van der Waals surface area (Å²) in [6.07, 6.45) is 14.9. The second-order valence-electron chi connectivity index (χ2n) is 10.7. The van der Waals surface area contributed by atoms with Gasteiger partial charge in [0.25, 0.3) is 0 Å². The molecular formula is C30H40OSi. The molecule has 1 nitrogen and oxygen atoms in total. The molecule has 4 rings (SSSR count). The Morgan fingerprint density at radius 2 is 1.25 bits per heavy atom. The van der Waals surface area contributed by atoms with Crippen molar-refractivity contribution in [3.05, 3.63) is 82.9 Å². The molecule has 2 aliphatic rings. The summed E-state index contributed by atoms with van der Waals surface area (Å²) in [4.78, 5) is 0. The molecule has 0 aromatic heterocycles. The zero-order valence-corrected chi connectivity index (χ0v) is 21.4. The number of ether oxygens (including phenoxy) is 1. The van der Waals surface area contributed by atoms with Gasteiger partial charge in [-0.1, -0.05) is 98.1 Å². The standard InChI is InChI=1S/C30H40OSi/c1-30(2,3)31-20-10-4-5-11-21-32(22-26-18-16-24-12-6-8-14-28(24)26)23-27-19-17-25-13-7-9-15-29(25)27/h6-9,12-19,26-27,32H,4-5,10-11,20-23H2,1-3H3. The average molecular weight is 445 g/mol. The summed E-state index contributed by atoms with van der Waals surface area (Å²) in [6.45, 7) is 7.34. The summed E-state index contributed by atoms with van der Waals surface area (Å²) in [7, 11) is -0.878. The summed E-state index contributed by atoms with van der Waals surface area (Å²) in [5.74, 6) is 1.28. The summed E-state index contributed by atoms with van der Waals surface area (Å²) < 4.78 is 5.89. The van der Waals surface area contributed by atoms with Crippen molar-refractivity contribution in [1.82, 2.24) is 0 Å². The lowest BCUT2D eigenvalue weighted by atomic mass is 10.0. The highest BCUT2D eigenvalue weighted by atomic mass is 28.3. The van der Waals surface area contributed by atoms with Gasteiger partial charge in [-0.25, -0.2) is 0 Å². The van der Waals surface area contributed by atoms with Gasteiger partial charge in [-0.05, 0) is 61.5 Å². The van der Waals surface area contributed by atoms with Crippen LogP contribution in [0.3, 0.4) is 0 Å². The molecule has 0 aliphatic heterocycles. The third-order valence-corrected chi connectivity index (χ3v) is 10.6. The SMILES string of the molecule is CC(C)(C)OCCCCCC[SiH](CC1C=Cc2ccccc21)CC1C=Cc2ccccc21. The maximum Gasteiger partial charge on any atom is 0.0598 e. The first-order valence-corrected chi connectivity index (χ1v) is 15.1. The first-order chi connectivity index (χ1) is 15.5. The van der Waals surface area contributed by atoms with Crippen LogP contribution in [-0.4, -0.2) is 21.0 Å². The molecule has 0 N–H and O–H groups in total. The first kappa shape index (κ1) is 23.3. The van der Waals surface area contributed by atoms with E-state index in [0.29, 0.717) is 11.8 Å². The van der Waals surface area contributed by atoms with Gasteiger partial charge in [0.05, 0.1) is 5.60 Å². The molecular weight excluding hydrogens is 404 g/mol. The Bertz CT molecular complexity index is 872. The minimum absolute atomic E-state index is 0.00576. The van der Waals surface area contributed by atoms with Crippen molar-refractivity contribution in [2.75, 3.05) is 6.61 Å². The molecule has 170 valence electrons. The van der Waals surface area contributed by atoms with Crippen LogP contribution in [-0.2, 0) is 4.74 Å². The van der Waals surface area contributed by atoms with Gasteiger partial charge < -0.3 is 4.74 Å². The van der Waals surface area contributed by atoms with Crippen LogP contribution in [0.1, 0.15) is 80.5 Å². The van der Waals surface area contributed by atoms with E-state index in [-0.39, 0.29) is 5.60 Å². The van der Waals surface area contributed by atoms with Crippen LogP contribution in [0.2, 0.25) is 18.1 Å². The quantitative estimate of drug-likeness (QED) is 0.250. The Hall–Kier alpha value is -1.90. The van der Waals surface area contributed by atoms with E-state index in [1.54, 1.807) is 11.1 Å². The number of hydrogen-bond acceptors (Lipinski definition) is 1. The molecule has 0 radical (unpaired) electrons. The maximum absolute atomic E-state index is 5.89. The smallest absolute Gasteiger partial charge is 0.0598 e. The number of unbranched alkanes of at least 4 members (excludes halogenated alkanes) is 3. The van der Waals surface area contributed by atoms with Crippen molar-refractivity contribution < 1.29 is 4.74 Å². The Kier molecular flexibility index (Phi) is 7.86. The normalized spacial score (nSPS) is 19.8. The zero-order valence-electron chi connectivity index (χ0n) is 20.2. The second-order valence-corrected chi connectivity index (χ2v) is 13.9. The minimum atomic E-state index is -0.878. The first-order valence-electron chi connectivity index (χ1n) is 12.7. The van der Waals surface area contributed by atoms with Crippen LogP contribution in [0.5, 0.6) is 0 Å². The van der Waals surface area contributed by atoms with E-state index in [4.69, 9.17) is 4.74 Å². The molecule has 0 saturated heterocycles. The molecule has 0 fully saturated rings. The molecule has 2 aromatic rings. The molecule has 0 bridgehead atoms. The average Bonchev–Trinajstić information content (AvgIpc) is 3.37. The van der Waals surface area contributed by atoms with Crippen LogP contribution >= 0.6 is 0 Å². The number of fused-ring (bicyclic) bond motifs is 2. The van der Waals surface area contributed by atoms with Crippen LogP contribution in [0, 0.1) is 0 Å². The fourth-order valence-corrected chi connectivity index (χ4v) is 9.16. The van der Waals surface area contributed by atoms with Crippen molar-refractivity contribution in [2.24, 2.45) is 0 Å². The maximum atomic E-state index is 5.89. The molecule has 2 heteroatoms. The Balaban J connectivity index is 1.32. The summed E-state index contributed by atoms with van der Waals surface area (Å²) >= 11 is 0. The number of benzene rings is 2. The van der Waals surface area contributed by atoms with Gasteiger partial charge in [0.2, 0.25) is 0 Å². The number of allylic oxidation sites excluding steroid dienone is 2. The predicted octanol–water partition coefficient (Wildman–Crippen LogP) is 8.21. The lowest BCUT2D eigenvalue weighted by molar-refractivity contribution is -0.00471. The van der Waals surface area contributed by atoms with Crippen LogP contribution < -0.4 is 0 Å². The molecule has 32 heavy (non-hydrogen) atoms. The van der Waals surface area contributed by atoms with E-state index in [1.807, 2.05) is 0 Å². The Labute approximate surface area is 197 Å². The Morgan fingerprint density at radius 3 is 1.81 bits per heavy atom. The predicted molar refractivity (Wildman–Crippen MR) is 142 cm³/mol. The van der Waals surface area contributed by atoms with Gasteiger partial charge in [0.1, 0.15) is 0 Å². The fourth-order valence-electron chi connectivity index (χ4n) is 5.38. The van der Waals surface area contributed by atoms with E-state index >= 15 is 0 Å². The lowest BCUT2D eigenvalue weighted by Gasteiger charge is -2.23. The fraction of sp³-hybridized carbons (Fsp3) is 0.467. The van der Waals surface area contributed by atoms with Gasteiger partial charge >= 0.3 is 0 Å². The molecule has 0 heterocycles. The van der Waals surface area contributed by atoms with Crippen LogP contribution in [0.25, 0.3) is 12.2 Å².